The number of piperidine rings is 1. The lowest BCUT2D eigenvalue weighted by molar-refractivity contribution is -0.124. The molecule has 1 fully saturated rings. The van der Waals surface area contributed by atoms with E-state index in [4.69, 9.17) is 9.47 Å². The van der Waals surface area contributed by atoms with Gasteiger partial charge in [0, 0.05) is 30.4 Å². The van der Waals surface area contributed by atoms with Gasteiger partial charge >= 0.3 is 0 Å². The largest absolute Gasteiger partial charge is 0.497 e. The molecule has 1 atom stereocenters. The average molecular weight is 454 g/mol. The maximum absolute atomic E-state index is 13.0. The first-order valence-electron chi connectivity index (χ1n) is 11.6. The van der Waals surface area contributed by atoms with Crippen molar-refractivity contribution in [3.05, 3.63) is 54.1 Å². The molecule has 7 nitrogen and oxygen atoms in total. The van der Waals surface area contributed by atoms with E-state index in [1.807, 2.05) is 32.9 Å². The van der Waals surface area contributed by atoms with Crippen LogP contribution < -0.4 is 25.0 Å². The average Bonchev–Trinajstić information content (AvgIpc) is 2.83. The molecule has 0 saturated carbocycles. The number of hydrogen-bond acceptors (Lipinski definition) is 5. The molecule has 1 aliphatic rings. The third kappa shape index (κ3) is 6.63. The molecule has 1 heterocycles. The molecular weight excluding hydrogens is 418 g/mol. The van der Waals surface area contributed by atoms with Gasteiger partial charge in [0.25, 0.3) is 5.91 Å². The molecule has 1 unspecified atom stereocenters. The molecule has 0 bridgehead atoms. The molecule has 2 amide bonds. The second-order valence-corrected chi connectivity index (χ2v) is 8.62. The van der Waals surface area contributed by atoms with E-state index in [2.05, 4.69) is 27.7 Å². The van der Waals surface area contributed by atoms with E-state index in [-0.39, 0.29) is 23.8 Å². The second-order valence-electron chi connectivity index (χ2n) is 8.62. The second kappa shape index (κ2) is 11.6. The molecule has 0 spiro atoms. The van der Waals surface area contributed by atoms with Gasteiger partial charge in [-0.05, 0) is 74.2 Å². The van der Waals surface area contributed by atoms with Crippen LogP contribution in [0.25, 0.3) is 0 Å². The van der Waals surface area contributed by atoms with Gasteiger partial charge in [0.05, 0.1) is 13.7 Å². The van der Waals surface area contributed by atoms with Crippen LogP contribution >= 0.6 is 0 Å². The van der Waals surface area contributed by atoms with Gasteiger partial charge in [-0.25, -0.2) is 0 Å². The minimum absolute atomic E-state index is 0.0314. The Morgan fingerprint density at radius 2 is 1.61 bits per heavy atom. The van der Waals surface area contributed by atoms with E-state index in [0.29, 0.717) is 17.9 Å². The lowest BCUT2D eigenvalue weighted by Crippen LogP contribution is -2.54. The van der Waals surface area contributed by atoms with Gasteiger partial charge in [-0.2, -0.15) is 0 Å². The van der Waals surface area contributed by atoms with Crippen molar-refractivity contribution in [1.82, 2.24) is 10.6 Å². The fourth-order valence-electron chi connectivity index (χ4n) is 3.99. The van der Waals surface area contributed by atoms with E-state index < -0.39 is 6.04 Å². The summed E-state index contributed by atoms with van der Waals surface area (Å²) in [6.45, 7) is 8.09. The Hall–Kier alpha value is -3.22. The Kier molecular flexibility index (Phi) is 8.58. The monoisotopic (exact) mass is 453 g/mol. The van der Waals surface area contributed by atoms with Crippen molar-refractivity contribution in [3.63, 3.8) is 0 Å². The third-order valence-corrected chi connectivity index (χ3v) is 5.94. The van der Waals surface area contributed by atoms with Crippen LogP contribution in [-0.4, -0.2) is 50.7 Å². The van der Waals surface area contributed by atoms with E-state index >= 15 is 0 Å². The Morgan fingerprint density at radius 1 is 1.00 bits per heavy atom. The number of amides is 2. The summed E-state index contributed by atoms with van der Waals surface area (Å²) in [5.74, 6) is 1.13. The minimum atomic E-state index is -0.594. The minimum Gasteiger partial charge on any atom is -0.497 e. The predicted octanol–water partition coefficient (Wildman–Crippen LogP) is 3.63. The van der Waals surface area contributed by atoms with Crippen molar-refractivity contribution < 1.29 is 19.1 Å². The Bertz CT molecular complexity index is 904. The molecule has 3 rings (SSSR count). The molecule has 0 aromatic heterocycles. The molecule has 0 radical (unpaired) electrons. The van der Waals surface area contributed by atoms with Gasteiger partial charge in [0.1, 0.15) is 17.5 Å². The van der Waals surface area contributed by atoms with Crippen LogP contribution in [0.2, 0.25) is 0 Å². The Labute approximate surface area is 196 Å². The number of carbonyl (C=O) groups is 2. The lowest BCUT2D eigenvalue weighted by atomic mass is 10.00. The summed E-state index contributed by atoms with van der Waals surface area (Å²) in [7, 11) is 1.66. The Morgan fingerprint density at radius 3 is 2.15 bits per heavy atom. The van der Waals surface area contributed by atoms with Gasteiger partial charge in [-0.1, -0.05) is 13.8 Å². The van der Waals surface area contributed by atoms with Gasteiger partial charge in [-0.3, -0.25) is 9.59 Å². The van der Waals surface area contributed by atoms with Crippen LogP contribution in [0.1, 0.15) is 44.0 Å². The topological polar surface area (TPSA) is 79.9 Å². The number of rotatable bonds is 9. The van der Waals surface area contributed by atoms with Crippen LogP contribution in [0.4, 0.5) is 5.69 Å². The van der Waals surface area contributed by atoms with Crippen LogP contribution in [0.3, 0.4) is 0 Å². The van der Waals surface area contributed by atoms with Gasteiger partial charge in [0.15, 0.2) is 0 Å². The number of nitrogens with zero attached hydrogens (tertiary/aromatic N) is 1. The summed E-state index contributed by atoms with van der Waals surface area (Å²) in [4.78, 5) is 28.0. The smallest absolute Gasteiger partial charge is 0.251 e. The van der Waals surface area contributed by atoms with E-state index in [0.717, 1.165) is 37.4 Å². The highest BCUT2D eigenvalue weighted by Crippen LogP contribution is 2.23. The van der Waals surface area contributed by atoms with Crippen LogP contribution in [-0.2, 0) is 4.79 Å². The standard InChI is InChI=1S/C26H35N3O4/c1-5-33-23-10-6-19(7-11-23)25(30)28-24(18(2)3)26(31)27-20-14-16-29(17-15-20)21-8-12-22(32-4)13-9-21/h6-13,18,20,24H,5,14-17H2,1-4H3,(H,27,31)(H,28,30). The van der Waals surface area contributed by atoms with Crippen LogP contribution in [0.5, 0.6) is 11.5 Å². The quantitative estimate of drug-likeness (QED) is 0.606. The lowest BCUT2D eigenvalue weighted by Gasteiger charge is -2.35. The molecular formula is C26H35N3O4. The number of ether oxygens (including phenoxy) is 2. The highest BCUT2D eigenvalue weighted by molar-refractivity contribution is 5.97. The molecule has 7 heteroatoms. The fourth-order valence-corrected chi connectivity index (χ4v) is 3.99. The highest BCUT2D eigenvalue weighted by atomic mass is 16.5. The SMILES string of the molecule is CCOc1ccc(C(=O)NC(C(=O)NC2CCN(c3ccc(OC)cc3)CC2)C(C)C)cc1. The van der Waals surface area contributed by atoms with E-state index in [1.165, 1.54) is 0 Å². The van der Waals surface area contributed by atoms with Gasteiger partial charge < -0.3 is 25.0 Å². The summed E-state index contributed by atoms with van der Waals surface area (Å²) in [5.41, 5.74) is 1.66. The molecule has 2 N–H and O–H groups in total. The summed E-state index contributed by atoms with van der Waals surface area (Å²) in [6, 6.07) is 14.5. The normalized spacial score (nSPS) is 15.1. The summed E-state index contributed by atoms with van der Waals surface area (Å²) >= 11 is 0. The first-order chi connectivity index (χ1) is 15.9. The van der Waals surface area contributed by atoms with Gasteiger partial charge in [0.2, 0.25) is 5.91 Å². The van der Waals surface area contributed by atoms with Crippen molar-refractivity contribution in [2.45, 2.75) is 45.7 Å². The summed E-state index contributed by atoms with van der Waals surface area (Å²) < 4.78 is 10.7. The molecule has 1 saturated heterocycles. The number of carbonyl (C=O) groups excluding carboxylic acids is 2. The number of anilines is 1. The maximum atomic E-state index is 13.0. The highest BCUT2D eigenvalue weighted by Gasteiger charge is 2.28. The number of methoxy groups -OCH3 is 1. The molecule has 0 aliphatic carbocycles. The molecule has 1 aliphatic heterocycles. The maximum Gasteiger partial charge on any atom is 0.251 e. The summed E-state index contributed by atoms with van der Waals surface area (Å²) in [5, 5.41) is 6.06. The fraction of sp³-hybridized carbons (Fsp3) is 0.462. The molecule has 2 aromatic carbocycles. The van der Waals surface area contributed by atoms with Crippen LogP contribution in [0, 0.1) is 5.92 Å². The number of hydrogen-bond donors (Lipinski definition) is 2. The molecule has 33 heavy (non-hydrogen) atoms. The van der Waals surface area contributed by atoms with Gasteiger partial charge in [-0.15, -0.1) is 0 Å². The Balaban J connectivity index is 1.53. The van der Waals surface area contributed by atoms with Crippen molar-refractivity contribution in [2.75, 3.05) is 31.7 Å². The molecule has 178 valence electrons. The van der Waals surface area contributed by atoms with Crippen molar-refractivity contribution in [3.8, 4) is 11.5 Å². The zero-order valence-corrected chi connectivity index (χ0v) is 20.0. The zero-order chi connectivity index (χ0) is 23.8. The van der Waals surface area contributed by atoms with Crippen molar-refractivity contribution in [2.24, 2.45) is 5.92 Å². The van der Waals surface area contributed by atoms with Crippen molar-refractivity contribution >= 4 is 17.5 Å². The molecule has 2 aromatic rings. The zero-order valence-electron chi connectivity index (χ0n) is 20.0. The number of benzene rings is 2. The summed E-state index contributed by atoms with van der Waals surface area (Å²) in [6.07, 6.45) is 1.71. The van der Waals surface area contributed by atoms with Crippen LogP contribution in [0.15, 0.2) is 48.5 Å². The first kappa shape index (κ1) is 24.4. The number of nitrogens with one attached hydrogen (secondary N) is 2. The van der Waals surface area contributed by atoms with E-state index in [1.54, 1.807) is 31.4 Å². The van der Waals surface area contributed by atoms with E-state index in [9.17, 15) is 9.59 Å². The predicted molar refractivity (Wildman–Crippen MR) is 130 cm³/mol. The first-order valence-corrected chi connectivity index (χ1v) is 11.6. The van der Waals surface area contributed by atoms with Crippen molar-refractivity contribution in [1.29, 1.82) is 0 Å². The third-order valence-electron chi connectivity index (χ3n) is 5.94.